The maximum Gasteiger partial charge on any atom is 0.391 e. The minimum Gasteiger partial charge on any atom is -0.314 e. The van der Waals surface area contributed by atoms with E-state index in [2.05, 4.69) is 10.2 Å². The monoisotopic (exact) mass is 278 g/mol. The van der Waals surface area contributed by atoms with Crippen molar-refractivity contribution in [1.82, 2.24) is 10.2 Å². The van der Waals surface area contributed by atoms with E-state index in [0.717, 1.165) is 19.5 Å². The highest BCUT2D eigenvalue weighted by Gasteiger charge is 2.40. The second-order valence-electron chi connectivity index (χ2n) is 5.95. The Labute approximate surface area is 113 Å². The molecule has 19 heavy (non-hydrogen) atoms. The highest BCUT2D eigenvalue weighted by atomic mass is 19.4. The smallest absolute Gasteiger partial charge is 0.314 e. The van der Waals surface area contributed by atoms with Crippen LogP contribution >= 0.6 is 0 Å². The van der Waals surface area contributed by atoms with E-state index in [1.54, 1.807) is 0 Å². The second-order valence-corrected chi connectivity index (χ2v) is 5.95. The summed E-state index contributed by atoms with van der Waals surface area (Å²) in [6.45, 7) is 3.31. The van der Waals surface area contributed by atoms with Crippen molar-refractivity contribution in [2.24, 2.45) is 5.92 Å². The zero-order valence-corrected chi connectivity index (χ0v) is 11.5. The highest BCUT2D eigenvalue weighted by molar-refractivity contribution is 4.78. The molecule has 0 bridgehead atoms. The summed E-state index contributed by atoms with van der Waals surface area (Å²) in [6, 6.07) is 0.640. The van der Waals surface area contributed by atoms with Gasteiger partial charge in [-0.15, -0.1) is 0 Å². The number of halogens is 3. The highest BCUT2D eigenvalue weighted by Crippen LogP contribution is 2.34. The molecule has 2 aliphatic heterocycles. The predicted molar refractivity (Wildman–Crippen MR) is 70.1 cm³/mol. The molecule has 2 rings (SSSR count). The summed E-state index contributed by atoms with van der Waals surface area (Å²) in [6.07, 6.45) is 2.70. The Bertz CT molecular complexity index is 254. The molecule has 0 aromatic carbocycles. The van der Waals surface area contributed by atoms with E-state index in [1.807, 2.05) is 0 Å². The molecular formula is C14H25F3N2. The third-order valence-corrected chi connectivity index (χ3v) is 4.49. The molecule has 2 saturated heterocycles. The fourth-order valence-electron chi connectivity index (χ4n) is 3.22. The number of nitrogens with zero attached hydrogens (tertiary/aromatic N) is 1. The van der Waals surface area contributed by atoms with E-state index >= 15 is 0 Å². The summed E-state index contributed by atoms with van der Waals surface area (Å²) in [5.41, 5.74) is 0. The largest absolute Gasteiger partial charge is 0.391 e. The number of piperidine rings is 2. The van der Waals surface area contributed by atoms with Gasteiger partial charge in [0.15, 0.2) is 0 Å². The molecule has 0 aromatic rings. The van der Waals surface area contributed by atoms with Crippen LogP contribution in [0.4, 0.5) is 13.2 Å². The molecule has 0 amide bonds. The van der Waals surface area contributed by atoms with Gasteiger partial charge in [0.25, 0.3) is 0 Å². The van der Waals surface area contributed by atoms with Gasteiger partial charge < -0.3 is 10.2 Å². The van der Waals surface area contributed by atoms with Gasteiger partial charge in [-0.1, -0.05) is 6.42 Å². The van der Waals surface area contributed by atoms with Gasteiger partial charge >= 0.3 is 6.18 Å². The number of likely N-dealkylation sites (tertiary alicyclic amines) is 1. The van der Waals surface area contributed by atoms with Crippen LogP contribution in [0.2, 0.25) is 0 Å². The van der Waals surface area contributed by atoms with E-state index in [-0.39, 0.29) is 12.8 Å². The molecule has 0 saturated carbocycles. The SMILES string of the molecule is FC(F)(F)C1CCN(CCCC2CCCCN2)CC1. The molecule has 1 unspecified atom stereocenters. The predicted octanol–water partition coefficient (Wildman–Crippen LogP) is 3.18. The first-order valence-electron chi connectivity index (χ1n) is 7.58. The first-order valence-corrected chi connectivity index (χ1v) is 7.58. The fourth-order valence-corrected chi connectivity index (χ4v) is 3.22. The molecular weight excluding hydrogens is 253 g/mol. The van der Waals surface area contributed by atoms with Crippen LogP contribution in [-0.4, -0.2) is 43.3 Å². The average Bonchev–Trinajstić information content (AvgIpc) is 2.39. The van der Waals surface area contributed by atoms with Crippen LogP contribution in [-0.2, 0) is 0 Å². The molecule has 0 aromatic heterocycles. The molecule has 2 fully saturated rings. The van der Waals surface area contributed by atoms with Crippen molar-refractivity contribution in [3.63, 3.8) is 0 Å². The third kappa shape index (κ3) is 4.95. The summed E-state index contributed by atoms with van der Waals surface area (Å²) in [4.78, 5) is 2.20. The van der Waals surface area contributed by atoms with E-state index in [0.29, 0.717) is 19.1 Å². The Kier molecular flexibility index (Phi) is 5.51. The Morgan fingerprint density at radius 2 is 1.79 bits per heavy atom. The topological polar surface area (TPSA) is 15.3 Å². The van der Waals surface area contributed by atoms with E-state index in [9.17, 15) is 13.2 Å². The Morgan fingerprint density at radius 3 is 2.37 bits per heavy atom. The molecule has 5 heteroatoms. The molecule has 2 nitrogen and oxygen atoms in total. The van der Waals surface area contributed by atoms with Gasteiger partial charge in [-0.05, 0) is 64.7 Å². The van der Waals surface area contributed by atoms with Crippen molar-refractivity contribution in [2.45, 2.75) is 57.2 Å². The van der Waals surface area contributed by atoms with Crippen LogP contribution in [0.25, 0.3) is 0 Å². The molecule has 1 atom stereocenters. The van der Waals surface area contributed by atoms with Crippen LogP contribution in [0.3, 0.4) is 0 Å². The van der Waals surface area contributed by atoms with Gasteiger partial charge in [0.2, 0.25) is 0 Å². The first-order chi connectivity index (χ1) is 9.05. The quantitative estimate of drug-likeness (QED) is 0.849. The lowest BCUT2D eigenvalue weighted by Crippen LogP contribution is -2.40. The lowest BCUT2D eigenvalue weighted by Gasteiger charge is -2.33. The van der Waals surface area contributed by atoms with Crippen molar-refractivity contribution in [3.8, 4) is 0 Å². The Balaban J connectivity index is 1.58. The Morgan fingerprint density at radius 1 is 1.05 bits per heavy atom. The molecule has 2 aliphatic rings. The zero-order valence-electron chi connectivity index (χ0n) is 11.5. The van der Waals surface area contributed by atoms with Gasteiger partial charge in [0, 0.05) is 6.04 Å². The van der Waals surface area contributed by atoms with Gasteiger partial charge in [0.1, 0.15) is 0 Å². The third-order valence-electron chi connectivity index (χ3n) is 4.49. The van der Waals surface area contributed by atoms with Crippen molar-refractivity contribution in [1.29, 1.82) is 0 Å². The summed E-state index contributed by atoms with van der Waals surface area (Å²) in [7, 11) is 0. The zero-order chi connectivity index (χ0) is 13.7. The minimum atomic E-state index is -3.99. The maximum absolute atomic E-state index is 12.5. The first kappa shape index (κ1) is 15.1. The van der Waals surface area contributed by atoms with Crippen molar-refractivity contribution >= 4 is 0 Å². The van der Waals surface area contributed by atoms with Gasteiger partial charge in [-0.3, -0.25) is 0 Å². The van der Waals surface area contributed by atoms with E-state index < -0.39 is 12.1 Å². The molecule has 2 heterocycles. The van der Waals surface area contributed by atoms with Crippen LogP contribution in [0.15, 0.2) is 0 Å². The molecule has 0 radical (unpaired) electrons. The molecule has 1 N–H and O–H groups in total. The summed E-state index contributed by atoms with van der Waals surface area (Å²) >= 11 is 0. The fraction of sp³-hybridized carbons (Fsp3) is 1.00. The van der Waals surface area contributed by atoms with Crippen molar-refractivity contribution in [3.05, 3.63) is 0 Å². The molecule has 0 aliphatic carbocycles. The van der Waals surface area contributed by atoms with Crippen LogP contribution in [0.5, 0.6) is 0 Å². The number of nitrogens with one attached hydrogen (secondary N) is 1. The van der Waals surface area contributed by atoms with Gasteiger partial charge in [0.05, 0.1) is 5.92 Å². The standard InChI is InChI=1S/C14H25F3N2/c15-14(16,17)12-6-10-19(11-7-12)9-3-5-13-4-1-2-8-18-13/h12-13,18H,1-11H2. The number of hydrogen-bond acceptors (Lipinski definition) is 2. The molecule has 0 spiro atoms. The average molecular weight is 278 g/mol. The maximum atomic E-state index is 12.5. The van der Waals surface area contributed by atoms with Gasteiger partial charge in [-0.2, -0.15) is 13.2 Å². The lowest BCUT2D eigenvalue weighted by molar-refractivity contribution is -0.185. The number of hydrogen-bond donors (Lipinski definition) is 1. The Hall–Kier alpha value is -0.290. The summed E-state index contributed by atoms with van der Waals surface area (Å²) in [5.74, 6) is -1.07. The second kappa shape index (κ2) is 6.93. The van der Waals surface area contributed by atoms with Crippen LogP contribution in [0, 0.1) is 5.92 Å². The van der Waals surface area contributed by atoms with Crippen LogP contribution < -0.4 is 5.32 Å². The lowest BCUT2D eigenvalue weighted by atomic mass is 9.95. The van der Waals surface area contributed by atoms with Crippen LogP contribution in [0.1, 0.15) is 44.9 Å². The van der Waals surface area contributed by atoms with E-state index in [4.69, 9.17) is 0 Å². The summed E-state index contributed by atoms with van der Waals surface area (Å²) < 4.78 is 37.6. The van der Waals surface area contributed by atoms with E-state index in [1.165, 1.54) is 25.7 Å². The number of rotatable bonds is 4. The van der Waals surface area contributed by atoms with Crippen molar-refractivity contribution < 1.29 is 13.2 Å². The number of alkyl halides is 3. The minimum absolute atomic E-state index is 0.283. The van der Waals surface area contributed by atoms with Gasteiger partial charge in [-0.25, -0.2) is 0 Å². The normalized spacial score (nSPS) is 27.6. The van der Waals surface area contributed by atoms with Crippen molar-refractivity contribution in [2.75, 3.05) is 26.2 Å². The summed E-state index contributed by atoms with van der Waals surface area (Å²) in [5, 5.41) is 3.52. The molecule has 112 valence electrons.